The van der Waals surface area contributed by atoms with Gasteiger partial charge in [-0.25, -0.2) is 4.79 Å². The summed E-state index contributed by atoms with van der Waals surface area (Å²) in [6, 6.07) is 0. The molecule has 4 saturated carbocycles. The summed E-state index contributed by atoms with van der Waals surface area (Å²) >= 11 is 0. The van der Waals surface area contributed by atoms with E-state index in [2.05, 4.69) is 11.7 Å². The van der Waals surface area contributed by atoms with Gasteiger partial charge in [0.05, 0.1) is 11.9 Å². The van der Waals surface area contributed by atoms with Gasteiger partial charge in [-0.3, -0.25) is 4.79 Å². The van der Waals surface area contributed by atoms with E-state index < -0.39 is 11.8 Å². The summed E-state index contributed by atoms with van der Waals surface area (Å²) in [6.45, 7) is 2.20. The molecule has 0 spiro atoms. The highest BCUT2D eigenvalue weighted by Crippen LogP contribution is 2.74. The van der Waals surface area contributed by atoms with Crippen molar-refractivity contribution in [2.45, 2.75) is 70.3 Å². The Kier molecular flexibility index (Phi) is 4.47. The number of ether oxygens (including phenoxy) is 1. The third-order valence-corrected chi connectivity index (χ3v) is 9.65. The van der Waals surface area contributed by atoms with Crippen LogP contribution in [0.4, 0.5) is 4.79 Å². The number of carboxylic acid groups (broad SMARTS) is 1. The fourth-order valence-electron chi connectivity index (χ4n) is 8.57. The van der Waals surface area contributed by atoms with Crippen LogP contribution >= 0.6 is 0 Å². The molecule has 5 nitrogen and oxygen atoms in total. The van der Waals surface area contributed by atoms with Gasteiger partial charge >= 0.3 is 6.16 Å². The minimum absolute atomic E-state index is 0.190. The van der Waals surface area contributed by atoms with Crippen molar-refractivity contribution in [3.8, 4) is 0 Å². The highest BCUT2D eigenvalue weighted by molar-refractivity contribution is 5.91. The van der Waals surface area contributed by atoms with Gasteiger partial charge in [0.2, 0.25) is 0 Å². The van der Waals surface area contributed by atoms with Gasteiger partial charge in [0.15, 0.2) is 5.78 Å². The van der Waals surface area contributed by atoms with Gasteiger partial charge in [0, 0.05) is 11.8 Å². The fourth-order valence-corrected chi connectivity index (χ4v) is 8.57. The van der Waals surface area contributed by atoms with Gasteiger partial charge in [0.1, 0.15) is 0 Å². The van der Waals surface area contributed by atoms with Crippen LogP contribution in [0.25, 0.3) is 0 Å². The molecule has 0 saturated heterocycles. The fraction of sp³-hybridized carbons (Fsp3) is 0.750. The van der Waals surface area contributed by atoms with Crippen LogP contribution in [0.1, 0.15) is 64.7 Å². The normalized spacial score (nSPS) is 48.1. The first-order valence-electron chi connectivity index (χ1n) is 11.4. The van der Waals surface area contributed by atoms with Crippen LogP contribution in [0.3, 0.4) is 0 Å². The number of rotatable bonds is 3. The highest BCUT2D eigenvalue weighted by Gasteiger charge is 2.72. The third-order valence-electron chi connectivity index (χ3n) is 9.65. The first-order valence-corrected chi connectivity index (χ1v) is 11.4. The maximum absolute atomic E-state index is 12.0. The molecule has 4 fully saturated rings. The summed E-state index contributed by atoms with van der Waals surface area (Å²) in [5.74, 6) is 3.32. The Morgan fingerprint density at radius 2 is 2.00 bits per heavy atom. The Hall–Kier alpha value is -1.62. The first kappa shape index (κ1) is 19.3. The van der Waals surface area contributed by atoms with Crippen molar-refractivity contribution in [3.05, 3.63) is 24.0 Å². The molecule has 158 valence electrons. The zero-order valence-electron chi connectivity index (χ0n) is 17.2. The second kappa shape index (κ2) is 6.69. The van der Waals surface area contributed by atoms with Gasteiger partial charge in [0.25, 0.3) is 0 Å². The smallest absolute Gasteiger partial charge is 0.449 e. The Labute approximate surface area is 172 Å². The average Bonchev–Trinajstić information content (AvgIpc) is 2.80. The number of allylic oxidation sites excluding steroid dienone is 1. The molecule has 0 bridgehead atoms. The lowest BCUT2D eigenvalue weighted by Gasteiger charge is -2.57. The second-order valence-electron chi connectivity index (χ2n) is 10.1. The highest BCUT2D eigenvalue weighted by atomic mass is 16.7. The summed E-state index contributed by atoms with van der Waals surface area (Å²) in [4.78, 5) is 22.8. The molecule has 0 amide bonds. The number of carbonyl (C=O) groups excluding carboxylic acids is 1. The molecule has 5 heteroatoms. The van der Waals surface area contributed by atoms with E-state index in [1.54, 1.807) is 6.08 Å². The maximum atomic E-state index is 12.0. The topological polar surface area (TPSA) is 83.8 Å². The molecular weight excluding hydrogens is 368 g/mol. The number of hydrogen-bond donors (Lipinski definition) is 2. The molecule has 0 unspecified atom stereocenters. The van der Waals surface area contributed by atoms with Crippen molar-refractivity contribution in [1.29, 1.82) is 0 Å². The van der Waals surface area contributed by atoms with Crippen LogP contribution in [0.15, 0.2) is 24.0 Å². The van der Waals surface area contributed by atoms with Crippen molar-refractivity contribution < 1.29 is 24.5 Å². The number of fused-ring (bicyclic) bond motifs is 7. The van der Waals surface area contributed by atoms with Gasteiger partial charge < -0.3 is 14.9 Å². The number of aliphatic hydroxyl groups is 1. The molecule has 0 aliphatic heterocycles. The first-order chi connectivity index (χ1) is 13.9. The van der Waals surface area contributed by atoms with Gasteiger partial charge in [-0.05, 0) is 99.0 Å². The average molecular weight is 401 g/mol. The van der Waals surface area contributed by atoms with Crippen LogP contribution in [-0.4, -0.2) is 27.8 Å². The van der Waals surface area contributed by atoms with E-state index in [1.165, 1.54) is 18.3 Å². The summed E-state index contributed by atoms with van der Waals surface area (Å²) in [5.41, 5.74) is 0.220. The summed E-state index contributed by atoms with van der Waals surface area (Å²) in [5, 5.41) is 20.8. The predicted octanol–water partition coefficient (Wildman–Crippen LogP) is 4.70. The molecule has 0 aromatic rings. The van der Waals surface area contributed by atoms with E-state index in [4.69, 9.17) is 5.11 Å². The summed E-state index contributed by atoms with van der Waals surface area (Å²) in [6.07, 6.45) is 12.5. The Bertz CT molecular complexity index is 784. The number of ketones is 1. The van der Waals surface area contributed by atoms with Crippen LogP contribution in [0, 0.1) is 40.9 Å². The van der Waals surface area contributed by atoms with Crippen molar-refractivity contribution in [1.82, 2.24) is 0 Å². The monoisotopic (exact) mass is 400 g/mol. The molecule has 0 heterocycles. The molecule has 0 aromatic carbocycles. The molecule has 2 N–H and O–H groups in total. The summed E-state index contributed by atoms with van der Waals surface area (Å²) < 4.78 is 4.67. The Morgan fingerprint density at radius 3 is 2.69 bits per heavy atom. The SMILES string of the molecule is CC[C@]12CC[C@H]3[C@@H](CCC4=CC(=O)CC[C@@H]43)[C@@H]1[C@@H]1CC[C@@H]1[C@@]2(O)/C=C\OC(=O)O. The summed E-state index contributed by atoms with van der Waals surface area (Å²) in [7, 11) is 0. The molecular formula is C24H32O5. The minimum Gasteiger partial charge on any atom is -0.449 e. The zero-order valence-corrected chi connectivity index (χ0v) is 17.2. The quantitative estimate of drug-likeness (QED) is 0.530. The lowest BCUT2D eigenvalue weighted by molar-refractivity contribution is -0.120. The molecule has 5 rings (SSSR count). The molecule has 8 atom stereocenters. The van der Waals surface area contributed by atoms with Gasteiger partial charge in [-0.15, -0.1) is 0 Å². The number of carbonyl (C=O) groups is 2. The van der Waals surface area contributed by atoms with E-state index in [9.17, 15) is 14.7 Å². The van der Waals surface area contributed by atoms with Gasteiger partial charge in [-0.1, -0.05) is 12.5 Å². The van der Waals surface area contributed by atoms with E-state index >= 15 is 0 Å². The van der Waals surface area contributed by atoms with Crippen LogP contribution in [0.2, 0.25) is 0 Å². The minimum atomic E-state index is -1.34. The van der Waals surface area contributed by atoms with E-state index in [1.807, 2.05) is 6.08 Å². The van der Waals surface area contributed by atoms with Crippen LogP contribution < -0.4 is 0 Å². The molecule has 0 aromatic heterocycles. The van der Waals surface area contributed by atoms with Crippen LogP contribution in [-0.2, 0) is 9.53 Å². The van der Waals surface area contributed by atoms with Crippen molar-refractivity contribution in [2.24, 2.45) is 40.9 Å². The van der Waals surface area contributed by atoms with Crippen molar-refractivity contribution in [3.63, 3.8) is 0 Å². The maximum Gasteiger partial charge on any atom is 0.510 e. The lowest BCUT2D eigenvalue weighted by atomic mass is 9.48. The Balaban J connectivity index is 1.50. The van der Waals surface area contributed by atoms with Crippen LogP contribution in [0.5, 0.6) is 0 Å². The second-order valence-corrected chi connectivity index (χ2v) is 10.1. The van der Waals surface area contributed by atoms with E-state index in [0.29, 0.717) is 41.8 Å². The number of hydrogen-bond acceptors (Lipinski definition) is 4. The Morgan fingerprint density at radius 1 is 1.17 bits per heavy atom. The van der Waals surface area contributed by atoms with E-state index in [-0.39, 0.29) is 11.3 Å². The molecule has 5 aliphatic rings. The third kappa shape index (κ3) is 2.55. The largest absolute Gasteiger partial charge is 0.510 e. The predicted molar refractivity (Wildman–Crippen MR) is 107 cm³/mol. The van der Waals surface area contributed by atoms with E-state index in [0.717, 1.165) is 44.9 Å². The molecule has 0 radical (unpaired) electrons. The molecule has 5 aliphatic carbocycles. The van der Waals surface area contributed by atoms with Crippen molar-refractivity contribution >= 4 is 11.9 Å². The molecule has 29 heavy (non-hydrogen) atoms. The van der Waals surface area contributed by atoms with Gasteiger partial charge in [-0.2, -0.15) is 0 Å². The lowest BCUT2D eigenvalue weighted by Crippen LogP contribution is -2.54. The van der Waals surface area contributed by atoms with Crippen molar-refractivity contribution in [2.75, 3.05) is 0 Å². The zero-order chi connectivity index (χ0) is 20.4. The standard InChI is InChI=1S/C24H32O5/c1-2-23-10-9-17-16-6-4-15(25)13-14(16)3-5-18(17)21(23)19-7-8-20(19)24(23,28)11-12-29-22(26)27/h11-13,16-21,28H,2-10H2,1H3,(H,26,27)/b12-11-/t16-,17+,18+,19+,20-,21+,23-,24-/m0/s1.